The van der Waals surface area contributed by atoms with Crippen molar-refractivity contribution in [3.8, 4) is 0 Å². The number of rotatable bonds is 4. The standard InChI is InChI=1S/C16H33N/c1-11(2)15-9-10-17(14(7)8)16(15,12(3)4)13(5)6/h11-15H,9-10H2,1-8H3. The van der Waals surface area contributed by atoms with Gasteiger partial charge >= 0.3 is 0 Å². The lowest BCUT2D eigenvalue weighted by Gasteiger charge is -2.52. The zero-order valence-electron chi connectivity index (χ0n) is 13.2. The first-order chi connectivity index (χ1) is 7.76. The fourth-order valence-corrected chi connectivity index (χ4v) is 4.68. The summed E-state index contributed by atoms with van der Waals surface area (Å²) in [5, 5.41) is 0. The lowest BCUT2D eigenvalue weighted by Crippen LogP contribution is -2.59. The van der Waals surface area contributed by atoms with Crippen LogP contribution in [0, 0.1) is 23.7 Å². The Morgan fingerprint density at radius 3 is 1.65 bits per heavy atom. The quantitative estimate of drug-likeness (QED) is 0.702. The maximum absolute atomic E-state index is 2.80. The van der Waals surface area contributed by atoms with Crippen molar-refractivity contribution in [3.05, 3.63) is 0 Å². The van der Waals surface area contributed by atoms with Crippen LogP contribution < -0.4 is 0 Å². The van der Waals surface area contributed by atoms with Crippen molar-refractivity contribution in [1.82, 2.24) is 4.90 Å². The number of nitrogens with zero attached hydrogens (tertiary/aromatic N) is 1. The zero-order chi connectivity index (χ0) is 13.4. The summed E-state index contributed by atoms with van der Waals surface area (Å²) >= 11 is 0. The van der Waals surface area contributed by atoms with Gasteiger partial charge in [-0.15, -0.1) is 0 Å². The van der Waals surface area contributed by atoms with Gasteiger partial charge in [-0.25, -0.2) is 0 Å². The Labute approximate surface area is 109 Å². The van der Waals surface area contributed by atoms with E-state index >= 15 is 0 Å². The van der Waals surface area contributed by atoms with E-state index in [0.29, 0.717) is 11.6 Å². The third-order valence-corrected chi connectivity index (χ3v) is 5.05. The maximum atomic E-state index is 2.80. The second kappa shape index (κ2) is 5.30. The Bertz CT molecular complexity index is 214. The highest BCUT2D eigenvalue weighted by molar-refractivity contribution is 5.07. The van der Waals surface area contributed by atoms with Crippen LogP contribution in [0.2, 0.25) is 0 Å². The predicted octanol–water partition coefficient (Wildman–Crippen LogP) is 4.42. The van der Waals surface area contributed by atoms with E-state index in [1.165, 1.54) is 13.0 Å². The first kappa shape index (κ1) is 15.0. The predicted molar refractivity (Wildman–Crippen MR) is 77.2 cm³/mol. The van der Waals surface area contributed by atoms with Gasteiger partial charge in [-0.2, -0.15) is 0 Å². The van der Waals surface area contributed by atoms with Gasteiger partial charge < -0.3 is 0 Å². The highest BCUT2D eigenvalue weighted by Crippen LogP contribution is 2.49. The van der Waals surface area contributed by atoms with Gasteiger partial charge in [0, 0.05) is 11.6 Å². The van der Waals surface area contributed by atoms with Crippen molar-refractivity contribution in [2.45, 2.75) is 73.4 Å². The average Bonchev–Trinajstić information content (AvgIpc) is 2.57. The summed E-state index contributed by atoms with van der Waals surface area (Å²) in [6.07, 6.45) is 1.38. The molecule has 0 aromatic rings. The number of likely N-dealkylation sites (tertiary alicyclic amines) is 1. The minimum absolute atomic E-state index is 0.405. The molecule has 1 heteroatoms. The molecule has 1 aliphatic heterocycles. The minimum atomic E-state index is 0.405. The van der Waals surface area contributed by atoms with Crippen molar-refractivity contribution in [2.75, 3.05) is 6.54 Å². The van der Waals surface area contributed by atoms with E-state index in [0.717, 1.165) is 23.7 Å². The van der Waals surface area contributed by atoms with Gasteiger partial charge in [0.25, 0.3) is 0 Å². The summed E-state index contributed by atoms with van der Waals surface area (Å²) < 4.78 is 0. The van der Waals surface area contributed by atoms with Gasteiger partial charge in [0.1, 0.15) is 0 Å². The minimum Gasteiger partial charge on any atom is -0.294 e. The summed E-state index contributed by atoms with van der Waals surface area (Å²) in [6, 6.07) is 0.670. The highest BCUT2D eigenvalue weighted by Gasteiger charge is 2.53. The molecule has 1 rings (SSSR count). The molecular weight excluding hydrogens is 206 g/mol. The molecule has 0 radical (unpaired) electrons. The van der Waals surface area contributed by atoms with Crippen molar-refractivity contribution < 1.29 is 0 Å². The van der Waals surface area contributed by atoms with Gasteiger partial charge in [-0.1, -0.05) is 41.5 Å². The summed E-state index contributed by atoms with van der Waals surface area (Å²) in [5.74, 6) is 3.12. The molecule has 1 fully saturated rings. The van der Waals surface area contributed by atoms with Gasteiger partial charge in [0.05, 0.1) is 0 Å². The molecule has 0 aliphatic carbocycles. The fraction of sp³-hybridized carbons (Fsp3) is 1.00. The first-order valence-corrected chi connectivity index (χ1v) is 7.52. The monoisotopic (exact) mass is 239 g/mol. The van der Waals surface area contributed by atoms with Crippen LogP contribution in [0.4, 0.5) is 0 Å². The van der Waals surface area contributed by atoms with E-state index in [1.807, 2.05) is 0 Å². The van der Waals surface area contributed by atoms with Gasteiger partial charge in [-0.3, -0.25) is 4.90 Å². The van der Waals surface area contributed by atoms with Crippen molar-refractivity contribution >= 4 is 0 Å². The number of hydrogen-bond donors (Lipinski definition) is 0. The van der Waals surface area contributed by atoms with Crippen LogP contribution in [-0.2, 0) is 0 Å². The molecule has 1 nitrogen and oxygen atoms in total. The molecule has 0 aromatic heterocycles. The Hall–Kier alpha value is -0.0400. The smallest absolute Gasteiger partial charge is 0.0289 e. The molecular formula is C16H33N. The van der Waals surface area contributed by atoms with Crippen LogP contribution in [0.25, 0.3) is 0 Å². The summed E-state index contributed by atoms with van der Waals surface area (Å²) in [7, 11) is 0. The first-order valence-electron chi connectivity index (χ1n) is 7.52. The SMILES string of the molecule is CC(C)C1CCN(C(C)C)C1(C(C)C)C(C)C. The molecule has 0 N–H and O–H groups in total. The largest absolute Gasteiger partial charge is 0.294 e. The van der Waals surface area contributed by atoms with Crippen LogP contribution in [0.1, 0.15) is 61.8 Å². The second-order valence-electron chi connectivity index (χ2n) is 7.12. The molecule has 0 saturated carbocycles. The van der Waals surface area contributed by atoms with E-state index in [-0.39, 0.29) is 0 Å². The average molecular weight is 239 g/mol. The summed E-state index contributed by atoms with van der Waals surface area (Å²) in [5.41, 5.74) is 0.405. The van der Waals surface area contributed by atoms with Crippen molar-refractivity contribution in [2.24, 2.45) is 23.7 Å². The summed E-state index contributed by atoms with van der Waals surface area (Å²) in [4.78, 5) is 2.80. The van der Waals surface area contributed by atoms with E-state index in [9.17, 15) is 0 Å². The molecule has 0 aromatic carbocycles. The molecule has 1 atom stereocenters. The van der Waals surface area contributed by atoms with Gasteiger partial charge in [-0.05, 0) is 50.5 Å². The maximum Gasteiger partial charge on any atom is 0.0289 e. The molecule has 102 valence electrons. The van der Waals surface area contributed by atoms with Gasteiger partial charge in [0.15, 0.2) is 0 Å². The summed E-state index contributed by atoms with van der Waals surface area (Å²) in [6.45, 7) is 20.5. The van der Waals surface area contributed by atoms with E-state index in [2.05, 4.69) is 60.3 Å². The lowest BCUT2D eigenvalue weighted by molar-refractivity contribution is -0.0256. The molecule has 0 amide bonds. The molecule has 1 unspecified atom stereocenters. The molecule has 1 saturated heterocycles. The second-order valence-corrected chi connectivity index (χ2v) is 7.12. The lowest BCUT2D eigenvalue weighted by atomic mass is 9.65. The van der Waals surface area contributed by atoms with Crippen LogP contribution in [0.3, 0.4) is 0 Å². The van der Waals surface area contributed by atoms with E-state index in [4.69, 9.17) is 0 Å². The van der Waals surface area contributed by atoms with Crippen LogP contribution in [0.5, 0.6) is 0 Å². The van der Waals surface area contributed by atoms with Gasteiger partial charge in [0.2, 0.25) is 0 Å². The Balaban J connectivity index is 3.21. The topological polar surface area (TPSA) is 3.24 Å². The normalized spacial score (nSPS) is 25.8. The van der Waals surface area contributed by atoms with Crippen molar-refractivity contribution in [1.29, 1.82) is 0 Å². The molecule has 0 spiro atoms. The Morgan fingerprint density at radius 1 is 0.882 bits per heavy atom. The third kappa shape index (κ3) is 2.28. The zero-order valence-corrected chi connectivity index (χ0v) is 13.2. The molecule has 1 heterocycles. The molecule has 17 heavy (non-hydrogen) atoms. The third-order valence-electron chi connectivity index (χ3n) is 5.05. The fourth-order valence-electron chi connectivity index (χ4n) is 4.68. The van der Waals surface area contributed by atoms with Crippen LogP contribution >= 0.6 is 0 Å². The molecule has 0 bridgehead atoms. The number of hydrogen-bond acceptors (Lipinski definition) is 1. The van der Waals surface area contributed by atoms with E-state index in [1.54, 1.807) is 0 Å². The van der Waals surface area contributed by atoms with Crippen LogP contribution in [-0.4, -0.2) is 23.0 Å². The Morgan fingerprint density at radius 2 is 1.35 bits per heavy atom. The highest BCUT2D eigenvalue weighted by atomic mass is 15.3. The van der Waals surface area contributed by atoms with Crippen molar-refractivity contribution in [3.63, 3.8) is 0 Å². The molecule has 1 aliphatic rings. The van der Waals surface area contributed by atoms with Crippen LogP contribution in [0.15, 0.2) is 0 Å². The Kier molecular flexibility index (Phi) is 4.68. The van der Waals surface area contributed by atoms with E-state index < -0.39 is 0 Å².